The summed E-state index contributed by atoms with van der Waals surface area (Å²) < 4.78 is 5.10. The third-order valence-corrected chi connectivity index (χ3v) is 6.99. The van der Waals surface area contributed by atoms with Gasteiger partial charge in [0.25, 0.3) is 11.8 Å². The molecule has 28 heavy (non-hydrogen) atoms. The first kappa shape index (κ1) is 19.2. The Bertz CT molecular complexity index is 673. The maximum Gasteiger partial charge on any atom is 0.326 e. The molecule has 2 aliphatic carbocycles. The van der Waals surface area contributed by atoms with Gasteiger partial charge in [0.15, 0.2) is 6.61 Å². The molecule has 2 aliphatic heterocycles. The van der Waals surface area contributed by atoms with Crippen molar-refractivity contribution < 1.29 is 23.9 Å². The van der Waals surface area contributed by atoms with E-state index in [4.69, 9.17) is 4.74 Å². The molecule has 1 N–H and O–H groups in total. The van der Waals surface area contributed by atoms with Crippen LogP contribution in [0.15, 0.2) is 0 Å². The second kappa shape index (κ2) is 7.72. The van der Waals surface area contributed by atoms with Crippen molar-refractivity contribution in [3.8, 4) is 0 Å². The van der Waals surface area contributed by atoms with Gasteiger partial charge in [0.05, 0.1) is 0 Å². The quantitative estimate of drug-likeness (QED) is 0.578. The molecule has 154 valence electrons. The first-order valence-corrected chi connectivity index (χ1v) is 10.6. The van der Waals surface area contributed by atoms with E-state index in [9.17, 15) is 19.2 Å². The number of piperidine rings is 1. The second-order valence-corrected chi connectivity index (χ2v) is 8.70. The number of fused-ring (bicyclic) bond motifs is 1. The topological polar surface area (TPSA) is 96.0 Å². The van der Waals surface area contributed by atoms with E-state index in [0.717, 1.165) is 36.6 Å². The first-order valence-electron chi connectivity index (χ1n) is 10.6. The zero-order chi connectivity index (χ0) is 19.7. The number of esters is 1. The predicted octanol–water partition coefficient (Wildman–Crippen LogP) is 1.43. The highest BCUT2D eigenvalue weighted by molar-refractivity contribution is 6.08. The Balaban J connectivity index is 1.25. The smallest absolute Gasteiger partial charge is 0.326 e. The van der Waals surface area contributed by atoms with Crippen molar-refractivity contribution in [2.45, 2.75) is 63.3 Å². The number of urea groups is 1. The summed E-state index contributed by atoms with van der Waals surface area (Å²) in [6.07, 6.45) is 8.96. The number of ether oxygens (including phenoxy) is 1. The van der Waals surface area contributed by atoms with E-state index >= 15 is 0 Å². The molecule has 4 rings (SSSR count). The van der Waals surface area contributed by atoms with Crippen LogP contribution in [0.25, 0.3) is 0 Å². The molecule has 4 amide bonds. The van der Waals surface area contributed by atoms with Crippen molar-refractivity contribution in [1.29, 1.82) is 0 Å². The van der Waals surface area contributed by atoms with Crippen LogP contribution >= 0.6 is 0 Å². The van der Waals surface area contributed by atoms with Crippen LogP contribution < -0.4 is 5.32 Å². The molecule has 0 aromatic carbocycles. The third kappa shape index (κ3) is 3.61. The van der Waals surface area contributed by atoms with Crippen molar-refractivity contribution in [2.75, 3.05) is 26.2 Å². The van der Waals surface area contributed by atoms with Gasteiger partial charge < -0.3 is 15.0 Å². The highest BCUT2D eigenvalue weighted by atomic mass is 16.5. The summed E-state index contributed by atoms with van der Waals surface area (Å²) in [4.78, 5) is 52.0. The van der Waals surface area contributed by atoms with Gasteiger partial charge in [-0.3, -0.25) is 19.3 Å². The molecular formula is C20H29N3O5. The molecule has 0 aromatic rings. The van der Waals surface area contributed by atoms with E-state index in [-0.39, 0.29) is 18.4 Å². The number of hydrogen-bond donors (Lipinski definition) is 1. The van der Waals surface area contributed by atoms with Crippen molar-refractivity contribution in [2.24, 2.45) is 11.8 Å². The van der Waals surface area contributed by atoms with Crippen LogP contribution in [0.3, 0.4) is 0 Å². The van der Waals surface area contributed by atoms with E-state index in [0.29, 0.717) is 25.3 Å². The standard InChI is InChI=1S/C20H29N3O5/c24-16(22-10-7-14-5-1-2-6-15(14)11-22)13-28-17(25)12-23-18(26)20(21-19(23)27)8-3-4-9-20/h14-15H,1-13H2,(H,21,27)/t14-,15+/m1/s1. The van der Waals surface area contributed by atoms with Gasteiger partial charge in [-0.1, -0.05) is 32.1 Å². The van der Waals surface area contributed by atoms with Gasteiger partial charge in [0.2, 0.25) is 0 Å². The maximum atomic E-state index is 12.6. The van der Waals surface area contributed by atoms with E-state index in [1.165, 1.54) is 25.7 Å². The van der Waals surface area contributed by atoms with Crippen LogP contribution in [-0.4, -0.2) is 65.4 Å². The van der Waals surface area contributed by atoms with Crippen LogP contribution in [-0.2, 0) is 19.1 Å². The lowest BCUT2D eigenvalue weighted by atomic mass is 9.75. The maximum absolute atomic E-state index is 12.6. The molecule has 0 unspecified atom stereocenters. The number of imide groups is 1. The minimum atomic E-state index is -0.836. The highest BCUT2D eigenvalue weighted by Crippen LogP contribution is 2.36. The zero-order valence-corrected chi connectivity index (χ0v) is 16.3. The summed E-state index contributed by atoms with van der Waals surface area (Å²) in [6.45, 7) is 0.694. The Hall–Kier alpha value is -2.12. The first-order chi connectivity index (χ1) is 13.5. The predicted molar refractivity (Wildman–Crippen MR) is 99.0 cm³/mol. The molecule has 2 saturated carbocycles. The summed E-state index contributed by atoms with van der Waals surface area (Å²) in [6, 6.07) is -0.547. The zero-order valence-electron chi connectivity index (χ0n) is 16.3. The van der Waals surface area contributed by atoms with Crippen LogP contribution in [0.4, 0.5) is 4.79 Å². The number of carbonyl (C=O) groups excluding carboxylic acids is 4. The van der Waals surface area contributed by atoms with Crippen molar-refractivity contribution in [1.82, 2.24) is 15.1 Å². The van der Waals surface area contributed by atoms with Crippen LogP contribution in [0, 0.1) is 11.8 Å². The number of likely N-dealkylation sites (tertiary alicyclic amines) is 1. The molecular weight excluding hydrogens is 362 g/mol. The molecule has 2 atom stereocenters. The average molecular weight is 391 g/mol. The molecule has 4 fully saturated rings. The summed E-state index contributed by atoms with van der Waals surface area (Å²) in [5, 5.41) is 2.73. The highest BCUT2D eigenvalue weighted by Gasteiger charge is 2.52. The number of hydrogen-bond acceptors (Lipinski definition) is 5. The van der Waals surface area contributed by atoms with Crippen LogP contribution in [0.1, 0.15) is 57.8 Å². The molecule has 2 heterocycles. The average Bonchev–Trinajstić information content (AvgIpc) is 3.26. The molecule has 4 aliphatic rings. The fourth-order valence-electron chi connectivity index (χ4n) is 5.37. The molecule has 2 saturated heterocycles. The normalized spacial score (nSPS) is 29.0. The lowest BCUT2D eigenvalue weighted by molar-refractivity contribution is -0.154. The summed E-state index contributed by atoms with van der Waals surface area (Å²) in [7, 11) is 0. The molecule has 0 aromatic heterocycles. The monoisotopic (exact) mass is 391 g/mol. The molecule has 0 bridgehead atoms. The Labute approximate surface area is 164 Å². The van der Waals surface area contributed by atoms with E-state index in [2.05, 4.69) is 5.32 Å². The van der Waals surface area contributed by atoms with E-state index in [1.54, 1.807) is 4.90 Å². The van der Waals surface area contributed by atoms with Gasteiger partial charge in [0, 0.05) is 13.1 Å². The minimum Gasteiger partial charge on any atom is -0.454 e. The fourth-order valence-corrected chi connectivity index (χ4v) is 5.37. The molecule has 1 spiro atoms. The Morgan fingerprint density at radius 3 is 2.50 bits per heavy atom. The lowest BCUT2D eigenvalue weighted by Gasteiger charge is -2.41. The Kier molecular flexibility index (Phi) is 5.29. The van der Waals surface area contributed by atoms with Gasteiger partial charge in [0.1, 0.15) is 12.1 Å². The van der Waals surface area contributed by atoms with Gasteiger partial charge in [-0.15, -0.1) is 0 Å². The fraction of sp³-hybridized carbons (Fsp3) is 0.800. The number of carbonyl (C=O) groups is 4. The van der Waals surface area contributed by atoms with Gasteiger partial charge >= 0.3 is 12.0 Å². The minimum absolute atomic E-state index is 0.193. The largest absolute Gasteiger partial charge is 0.454 e. The number of rotatable bonds is 4. The third-order valence-electron chi connectivity index (χ3n) is 6.99. The second-order valence-electron chi connectivity index (χ2n) is 8.70. The number of amides is 4. The number of nitrogens with one attached hydrogen (secondary N) is 1. The van der Waals surface area contributed by atoms with Crippen LogP contribution in [0.5, 0.6) is 0 Å². The number of nitrogens with zero attached hydrogens (tertiary/aromatic N) is 2. The van der Waals surface area contributed by atoms with Gasteiger partial charge in [-0.25, -0.2) is 4.79 Å². The van der Waals surface area contributed by atoms with E-state index in [1.807, 2.05) is 0 Å². The lowest BCUT2D eigenvalue weighted by Crippen LogP contribution is -2.46. The molecule has 8 nitrogen and oxygen atoms in total. The van der Waals surface area contributed by atoms with Gasteiger partial charge in [-0.2, -0.15) is 0 Å². The van der Waals surface area contributed by atoms with E-state index < -0.39 is 24.1 Å². The summed E-state index contributed by atoms with van der Waals surface area (Å²) >= 11 is 0. The van der Waals surface area contributed by atoms with Crippen LogP contribution in [0.2, 0.25) is 0 Å². The van der Waals surface area contributed by atoms with Crippen molar-refractivity contribution in [3.05, 3.63) is 0 Å². The van der Waals surface area contributed by atoms with Gasteiger partial charge in [-0.05, 0) is 37.5 Å². The molecule has 8 heteroatoms. The van der Waals surface area contributed by atoms with Crippen molar-refractivity contribution in [3.63, 3.8) is 0 Å². The Morgan fingerprint density at radius 1 is 1.04 bits per heavy atom. The summed E-state index contributed by atoms with van der Waals surface area (Å²) in [5.74, 6) is 0.0255. The Morgan fingerprint density at radius 2 is 1.75 bits per heavy atom. The molecule has 0 radical (unpaired) electrons. The SMILES string of the molecule is O=C(CN1C(=O)NC2(CCCC2)C1=O)OCC(=O)N1CC[C@H]2CCCC[C@H]2C1. The summed E-state index contributed by atoms with van der Waals surface area (Å²) in [5.41, 5.74) is -0.836. The van der Waals surface area contributed by atoms with Crippen molar-refractivity contribution >= 4 is 23.8 Å².